The largest absolute Gasteiger partial charge is 0.317 e. The standard InChI is InChI=1S/C15H27N/c1-10(16-2)3-4-15-13-6-11-5-12(8-13)9-14(15)7-11/h10-16H,3-9H2,1-2H3. The zero-order valence-electron chi connectivity index (χ0n) is 10.9. The molecule has 0 aromatic heterocycles. The Morgan fingerprint density at radius 2 is 1.56 bits per heavy atom. The molecule has 4 fully saturated rings. The van der Waals surface area contributed by atoms with E-state index in [1.165, 1.54) is 12.8 Å². The van der Waals surface area contributed by atoms with Crippen molar-refractivity contribution >= 4 is 0 Å². The van der Waals surface area contributed by atoms with E-state index in [4.69, 9.17) is 0 Å². The van der Waals surface area contributed by atoms with Gasteiger partial charge in [0.15, 0.2) is 0 Å². The molecule has 0 aliphatic heterocycles. The molecule has 1 atom stereocenters. The maximum Gasteiger partial charge on any atom is 0.00358 e. The zero-order chi connectivity index (χ0) is 11.1. The quantitative estimate of drug-likeness (QED) is 0.767. The van der Waals surface area contributed by atoms with Crippen LogP contribution in [0, 0.1) is 29.6 Å². The second-order valence-electron chi connectivity index (χ2n) is 6.86. The molecule has 4 rings (SSSR count). The van der Waals surface area contributed by atoms with Crippen LogP contribution in [0.1, 0.15) is 51.9 Å². The molecule has 0 heterocycles. The summed E-state index contributed by atoms with van der Waals surface area (Å²) in [6.45, 7) is 2.33. The van der Waals surface area contributed by atoms with Crippen LogP contribution in [0.2, 0.25) is 0 Å². The van der Waals surface area contributed by atoms with Gasteiger partial charge < -0.3 is 5.32 Å². The summed E-state index contributed by atoms with van der Waals surface area (Å²) >= 11 is 0. The second kappa shape index (κ2) is 4.33. The fraction of sp³-hybridized carbons (Fsp3) is 1.00. The van der Waals surface area contributed by atoms with Crippen molar-refractivity contribution in [2.75, 3.05) is 7.05 Å². The number of nitrogens with one attached hydrogen (secondary N) is 1. The minimum absolute atomic E-state index is 0.720. The normalized spacial score (nSPS) is 47.2. The number of hydrogen-bond acceptors (Lipinski definition) is 1. The van der Waals surface area contributed by atoms with Gasteiger partial charge in [0.25, 0.3) is 0 Å². The molecule has 16 heavy (non-hydrogen) atoms. The summed E-state index contributed by atoms with van der Waals surface area (Å²) in [5.41, 5.74) is 0. The van der Waals surface area contributed by atoms with Crippen LogP contribution >= 0.6 is 0 Å². The highest BCUT2D eigenvalue weighted by Crippen LogP contribution is 2.57. The molecule has 0 aromatic rings. The minimum atomic E-state index is 0.720. The molecule has 0 saturated heterocycles. The Morgan fingerprint density at radius 3 is 2.06 bits per heavy atom. The predicted octanol–water partition coefficient (Wildman–Crippen LogP) is 3.45. The molecule has 1 heteroatoms. The molecule has 0 radical (unpaired) electrons. The Morgan fingerprint density at radius 1 is 1.00 bits per heavy atom. The summed E-state index contributed by atoms with van der Waals surface area (Å²) in [7, 11) is 2.10. The van der Waals surface area contributed by atoms with Crippen LogP contribution in [-0.2, 0) is 0 Å². The Bertz CT molecular complexity index is 220. The lowest BCUT2D eigenvalue weighted by molar-refractivity contribution is -0.0409. The molecular weight excluding hydrogens is 194 g/mol. The van der Waals surface area contributed by atoms with Gasteiger partial charge in [0.1, 0.15) is 0 Å². The third-order valence-electron chi connectivity index (χ3n) is 5.85. The number of hydrogen-bond donors (Lipinski definition) is 1. The summed E-state index contributed by atoms with van der Waals surface area (Å²) < 4.78 is 0. The van der Waals surface area contributed by atoms with Crippen LogP contribution in [0.4, 0.5) is 0 Å². The highest BCUT2D eigenvalue weighted by atomic mass is 14.8. The zero-order valence-corrected chi connectivity index (χ0v) is 10.9. The summed E-state index contributed by atoms with van der Waals surface area (Å²) in [6, 6.07) is 0.720. The lowest BCUT2D eigenvalue weighted by Gasteiger charge is -2.54. The molecule has 4 aliphatic carbocycles. The number of rotatable bonds is 4. The first-order valence-electron chi connectivity index (χ1n) is 7.43. The van der Waals surface area contributed by atoms with Crippen LogP contribution in [0.15, 0.2) is 0 Å². The summed E-state index contributed by atoms with van der Waals surface area (Å²) in [5.74, 6) is 5.63. The Kier molecular flexibility index (Phi) is 2.99. The van der Waals surface area contributed by atoms with Gasteiger partial charge in [-0.1, -0.05) is 0 Å². The van der Waals surface area contributed by atoms with Crippen LogP contribution in [0.25, 0.3) is 0 Å². The van der Waals surface area contributed by atoms with E-state index in [0.29, 0.717) is 0 Å². The Labute approximate surface area is 100 Å². The monoisotopic (exact) mass is 221 g/mol. The van der Waals surface area contributed by atoms with Crippen LogP contribution in [0.5, 0.6) is 0 Å². The summed E-state index contributed by atoms with van der Waals surface area (Å²) in [6.07, 6.45) is 10.8. The molecule has 92 valence electrons. The summed E-state index contributed by atoms with van der Waals surface area (Å²) in [5, 5.41) is 3.39. The van der Waals surface area contributed by atoms with E-state index in [-0.39, 0.29) is 0 Å². The van der Waals surface area contributed by atoms with Gasteiger partial charge in [-0.15, -0.1) is 0 Å². The second-order valence-corrected chi connectivity index (χ2v) is 6.86. The van der Waals surface area contributed by atoms with Crippen molar-refractivity contribution in [3.63, 3.8) is 0 Å². The Balaban J connectivity index is 1.59. The fourth-order valence-corrected chi connectivity index (χ4v) is 5.10. The average Bonchev–Trinajstić information content (AvgIpc) is 2.26. The van der Waals surface area contributed by atoms with Gasteiger partial charge in [-0.05, 0) is 88.5 Å². The minimum Gasteiger partial charge on any atom is -0.317 e. The van der Waals surface area contributed by atoms with E-state index in [2.05, 4.69) is 19.3 Å². The van der Waals surface area contributed by atoms with E-state index in [1.807, 2.05) is 0 Å². The van der Waals surface area contributed by atoms with E-state index in [1.54, 1.807) is 32.1 Å². The van der Waals surface area contributed by atoms with Crippen molar-refractivity contribution in [1.29, 1.82) is 0 Å². The first-order chi connectivity index (χ1) is 7.76. The third-order valence-corrected chi connectivity index (χ3v) is 5.85. The fourth-order valence-electron chi connectivity index (χ4n) is 5.10. The maximum atomic E-state index is 3.39. The molecule has 1 nitrogen and oxygen atoms in total. The highest BCUT2D eigenvalue weighted by molar-refractivity contribution is 4.98. The van der Waals surface area contributed by atoms with E-state index < -0.39 is 0 Å². The van der Waals surface area contributed by atoms with Crippen molar-refractivity contribution in [2.24, 2.45) is 29.6 Å². The molecule has 4 aliphatic rings. The average molecular weight is 221 g/mol. The van der Waals surface area contributed by atoms with Crippen molar-refractivity contribution in [3.8, 4) is 0 Å². The van der Waals surface area contributed by atoms with Gasteiger partial charge >= 0.3 is 0 Å². The lowest BCUT2D eigenvalue weighted by Crippen LogP contribution is -2.45. The van der Waals surface area contributed by atoms with Gasteiger partial charge in [0.05, 0.1) is 0 Å². The molecule has 4 bridgehead atoms. The molecule has 0 aromatic carbocycles. The van der Waals surface area contributed by atoms with Crippen molar-refractivity contribution in [1.82, 2.24) is 5.32 Å². The van der Waals surface area contributed by atoms with Gasteiger partial charge in [-0.3, -0.25) is 0 Å². The molecular formula is C15H27N. The lowest BCUT2D eigenvalue weighted by atomic mass is 9.51. The van der Waals surface area contributed by atoms with Crippen molar-refractivity contribution < 1.29 is 0 Å². The molecule has 0 spiro atoms. The van der Waals surface area contributed by atoms with Crippen LogP contribution in [0.3, 0.4) is 0 Å². The highest BCUT2D eigenvalue weighted by Gasteiger charge is 2.47. The molecule has 0 amide bonds. The topological polar surface area (TPSA) is 12.0 Å². The smallest absolute Gasteiger partial charge is 0.00358 e. The third kappa shape index (κ3) is 1.92. The van der Waals surface area contributed by atoms with Gasteiger partial charge in [0, 0.05) is 6.04 Å². The Hall–Kier alpha value is -0.0400. The van der Waals surface area contributed by atoms with Crippen molar-refractivity contribution in [2.45, 2.75) is 57.9 Å². The first kappa shape index (κ1) is 11.1. The molecule has 1 unspecified atom stereocenters. The van der Waals surface area contributed by atoms with E-state index in [0.717, 1.165) is 35.6 Å². The van der Waals surface area contributed by atoms with Gasteiger partial charge in [-0.2, -0.15) is 0 Å². The SMILES string of the molecule is CNC(C)CCC1C2CC3CC(C2)CC1C3. The predicted molar refractivity (Wildman–Crippen MR) is 68.3 cm³/mol. The van der Waals surface area contributed by atoms with Crippen LogP contribution < -0.4 is 5.32 Å². The maximum absolute atomic E-state index is 3.39. The molecule has 4 saturated carbocycles. The van der Waals surface area contributed by atoms with Crippen LogP contribution in [-0.4, -0.2) is 13.1 Å². The van der Waals surface area contributed by atoms with E-state index >= 15 is 0 Å². The van der Waals surface area contributed by atoms with Crippen molar-refractivity contribution in [3.05, 3.63) is 0 Å². The summed E-state index contributed by atoms with van der Waals surface area (Å²) in [4.78, 5) is 0. The van der Waals surface area contributed by atoms with Gasteiger partial charge in [0.2, 0.25) is 0 Å². The first-order valence-corrected chi connectivity index (χ1v) is 7.43. The molecule has 1 N–H and O–H groups in total. The van der Waals surface area contributed by atoms with Gasteiger partial charge in [-0.25, -0.2) is 0 Å². The van der Waals surface area contributed by atoms with E-state index in [9.17, 15) is 0 Å².